The Balaban J connectivity index is 1.61. The van der Waals surface area contributed by atoms with Crippen LogP contribution in [-0.2, 0) is 4.79 Å². The Labute approximate surface area is 97.8 Å². The summed E-state index contributed by atoms with van der Waals surface area (Å²) in [6.45, 7) is 6.80. The highest BCUT2D eigenvalue weighted by atomic mass is 16.2. The second-order valence-corrected chi connectivity index (χ2v) is 4.98. The van der Waals surface area contributed by atoms with E-state index in [1.807, 2.05) is 0 Å². The monoisotopic (exact) mass is 225 g/mol. The summed E-state index contributed by atoms with van der Waals surface area (Å²) in [5.41, 5.74) is 0. The summed E-state index contributed by atoms with van der Waals surface area (Å²) in [5.74, 6) is 0.975. The van der Waals surface area contributed by atoms with E-state index < -0.39 is 0 Å². The van der Waals surface area contributed by atoms with Crippen molar-refractivity contribution in [1.29, 1.82) is 0 Å². The molecule has 0 aromatic heterocycles. The molecule has 2 rings (SSSR count). The van der Waals surface area contributed by atoms with Crippen LogP contribution in [0, 0.1) is 5.92 Å². The van der Waals surface area contributed by atoms with E-state index in [-0.39, 0.29) is 5.91 Å². The molecule has 16 heavy (non-hydrogen) atoms. The van der Waals surface area contributed by atoms with Gasteiger partial charge in [0.2, 0.25) is 5.91 Å². The summed E-state index contributed by atoms with van der Waals surface area (Å²) in [5, 5.41) is 6.43. The van der Waals surface area contributed by atoms with Crippen LogP contribution in [0.3, 0.4) is 0 Å². The van der Waals surface area contributed by atoms with E-state index in [1.54, 1.807) is 0 Å². The van der Waals surface area contributed by atoms with E-state index >= 15 is 0 Å². The van der Waals surface area contributed by atoms with Crippen LogP contribution in [0.2, 0.25) is 0 Å². The molecule has 92 valence electrons. The van der Waals surface area contributed by atoms with Gasteiger partial charge >= 0.3 is 0 Å². The van der Waals surface area contributed by atoms with Gasteiger partial charge in [-0.15, -0.1) is 0 Å². The lowest BCUT2D eigenvalue weighted by molar-refractivity contribution is -0.122. The maximum Gasteiger partial charge on any atom is 0.234 e. The summed E-state index contributed by atoms with van der Waals surface area (Å²) < 4.78 is 0. The predicted octanol–water partition coefficient (Wildman–Crippen LogP) is 0.196. The van der Waals surface area contributed by atoms with Gasteiger partial charge in [-0.2, -0.15) is 0 Å². The molecule has 0 aromatic rings. The number of carbonyl (C=O) groups excluding carboxylic acids is 1. The second kappa shape index (κ2) is 5.64. The first-order valence-corrected chi connectivity index (χ1v) is 6.52. The number of rotatable bonds is 5. The Kier molecular flexibility index (Phi) is 4.18. The summed E-state index contributed by atoms with van der Waals surface area (Å²) in [4.78, 5) is 14.0. The van der Waals surface area contributed by atoms with Crippen molar-refractivity contribution in [2.24, 2.45) is 5.92 Å². The molecule has 0 spiro atoms. The fourth-order valence-electron chi connectivity index (χ4n) is 2.44. The Hall–Kier alpha value is -0.610. The summed E-state index contributed by atoms with van der Waals surface area (Å²) in [6.07, 6.45) is 3.69. The van der Waals surface area contributed by atoms with Crippen molar-refractivity contribution in [1.82, 2.24) is 15.5 Å². The molecule has 1 aliphatic heterocycles. The van der Waals surface area contributed by atoms with Crippen molar-refractivity contribution in [2.45, 2.75) is 32.2 Å². The first-order valence-electron chi connectivity index (χ1n) is 6.52. The largest absolute Gasteiger partial charge is 0.352 e. The highest BCUT2D eigenvalue weighted by Crippen LogP contribution is 2.34. The van der Waals surface area contributed by atoms with Crippen LogP contribution in [0.1, 0.15) is 26.2 Å². The van der Waals surface area contributed by atoms with Crippen LogP contribution in [0.4, 0.5) is 0 Å². The van der Waals surface area contributed by atoms with Crippen LogP contribution < -0.4 is 10.6 Å². The zero-order valence-electron chi connectivity index (χ0n) is 10.2. The van der Waals surface area contributed by atoms with Gasteiger partial charge in [0.25, 0.3) is 0 Å². The minimum Gasteiger partial charge on any atom is -0.352 e. The molecule has 1 saturated heterocycles. The molecule has 0 radical (unpaired) electrons. The zero-order chi connectivity index (χ0) is 11.4. The standard InChI is InChI=1S/C12H23N3O/c1-2-3-10-8-11(10)14-12(16)9-15-6-4-13-5-7-15/h10-11,13H,2-9H2,1H3,(H,14,16). The maximum absolute atomic E-state index is 11.7. The van der Waals surface area contributed by atoms with Gasteiger partial charge in [0.15, 0.2) is 0 Å². The van der Waals surface area contributed by atoms with Gasteiger partial charge in [0.1, 0.15) is 0 Å². The van der Waals surface area contributed by atoms with E-state index in [0.717, 1.165) is 32.1 Å². The Morgan fingerprint density at radius 1 is 1.44 bits per heavy atom. The zero-order valence-corrected chi connectivity index (χ0v) is 10.2. The molecule has 2 aliphatic rings. The molecule has 0 aromatic carbocycles. The Bertz CT molecular complexity index is 238. The molecule has 1 saturated carbocycles. The third-order valence-electron chi connectivity index (χ3n) is 3.51. The molecular formula is C12H23N3O. The molecular weight excluding hydrogens is 202 g/mol. The van der Waals surface area contributed by atoms with Gasteiger partial charge in [0, 0.05) is 32.2 Å². The van der Waals surface area contributed by atoms with E-state index in [2.05, 4.69) is 22.5 Å². The number of hydrogen-bond acceptors (Lipinski definition) is 3. The molecule has 2 atom stereocenters. The predicted molar refractivity (Wildman–Crippen MR) is 64.3 cm³/mol. The first kappa shape index (κ1) is 11.9. The summed E-state index contributed by atoms with van der Waals surface area (Å²) in [6, 6.07) is 0.482. The number of carbonyl (C=O) groups is 1. The van der Waals surface area contributed by atoms with Crippen molar-refractivity contribution in [3.63, 3.8) is 0 Å². The second-order valence-electron chi connectivity index (χ2n) is 4.98. The van der Waals surface area contributed by atoms with Crippen LogP contribution >= 0.6 is 0 Å². The van der Waals surface area contributed by atoms with E-state index in [4.69, 9.17) is 0 Å². The fraction of sp³-hybridized carbons (Fsp3) is 0.917. The van der Waals surface area contributed by atoms with Gasteiger partial charge in [-0.05, 0) is 18.8 Å². The lowest BCUT2D eigenvalue weighted by Crippen LogP contribution is -2.47. The van der Waals surface area contributed by atoms with Gasteiger partial charge in [-0.1, -0.05) is 13.3 Å². The van der Waals surface area contributed by atoms with Gasteiger partial charge in [-0.3, -0.25) is 9.69 Å². The highest BCUT2D eigenvalue weighted by Gasteiger charge is 2.37. The minimum atomic E-state index is 0.213. The van der Waals surface area contributed by atoms with Crippen LogP contribution in [0.5, 0.6) is 0 Å². The third-order valence-corrected chi connectivity index (χ3v) is 3.51. The summed E-state index contributed by atoms with van der Waals surface area (Å²) in [7, 11) is 0. The molecule has 2 unspecified atom stereocenters. The summed E-state index contributed by atoms with van der Waals surface area (Å²) >= 11 is 0. The van der Waals surface area contributed by atoms with Gasteiger partial charge in [0.05, 0.1) is 6.54 Å². The fourth-order valence-corrected chi connectivity index (χ4v) is 2.44. The molecule has 4 heteroatoms. The number of hydrogen-bond donors (Lipinski definition) is 2. The number of piperazine rings is 1. The molecule has 2 fully saturated rings. The Morgan fingerprint density at radius 2 is 2.19 bits per heavy atom. The van der Waals surface area contributed by atoms with Crippen LogP contribution in [-0.4, -0.2) is 49.6 Å². The molecule has 2 N–H and O–H groups in total. The molecule has 1 heterocycles. The van der Waals surface area contributed by atoms with Crippen LogP contribution in [0.25, 0.3) is 0 Å². The molecule has 1 aliphatic carbocycles. The molecule has 0 bridgehead atoms. The van der Waals surface area contributed by atoms with E-state index in [1.165, 1.54) is 19.3 Å². The third kappa shape index (κ3) is 3.46. The number of amides is 1. The Morgan fingerprint density at radius 3 is 2.88 bits per heavy atom. The first-order chi connectivity index (χ1) is 7.79. The molecule has 4 nitrogen and oxygen atoms in total. The average molecular weight is 225 g/mol. The van der Waals surface area contributed by atoms with Crippen LogP contribution in [0.15, 0.2) is 0 Å². The molecule has 1 amide bonds. The topological polar surface area (TPSA) is 44.4 Å². The van der Waals surface area contributed by atoms with Crippen molar-refractivity contribution in [3.8, 4) is 0 Å². The van der Waals surface area contributed by atoms with Gasteiger partial charge < -0.3 is 10.6 Å². The highest BCUT2D eigenvalue weighted by molar-refractivity contribution is 5.78. The van der Waals surface area contributed by atoms with Crippen molar-refractivity contribution < 1.29 is 4.79 Å². The van der Waals surface area contributed by atoms with Crippen molar-refractivity contribution >= 4 is 5.91 Å². The average Bonchev–Trinajstić information content (AvgIpc) is 2.98. The van der Waals surface area contributed by atoms with E-state index in [0.29, 0.717) is 12.6 Å². The maximum atomic E-state index is 11.7. The lowest BCUT2D eigenvalue weighted by atomic mass is 10.2. The normalized spacial score (nSPS) is 30.1. The van der Waals surface area contributed by atoms with Gasteiger partial charge in [-0.25, -0.2) is 0 Å². The lowest BCUT2D eigenvalue weighted by Gasteiger charge is -2.26. The number of nitrogens with zero attached hydrogens (tertiary/aromatic N) is 1. The number of nitrogens with one attached hydrogen (secondary N) is 2. The van der Waals surface area contributed by atoms with Crippen molar-refractivity contribution in [2.75, 3.05) is 32.7 Å². The quantitative estimate of drug-likeness (QED) is 0.702. The SMILES string of the molecule is CCCC1CC1NC(=O)CN1CCNCC1. The van der Waals surface area contributed by atoms with Crippen molar-refractivity contribution in [3.05, 3.63) is 0 Å². The minimum absolute atomic E-state index is 0.213. The smallest absolute Gasteiger partial charge is 0.234 e. The van der Waals surface area contributed by atoms with E-state index in [9.17, 15) is 4.79 Å².